The highest BCUT2D eigenvalue weighted by Gasteiger charge is 2.10. The summed E-state index contributed by atoms with van der Waals surface area (Å²) in [6.07, 6.45) is 4.74. The van der Waals surface area contributed by atoms with E-state index in [1.165, 1.54) is 6.20 Å². The molecule has 0 unspecified atom stereocenters. The molecule has 0 aliphatic heterocycles. The molecule has 4 aromatic rings. The summed E-state index contributed by atoms with van der Waals surface area (Å²) in [6, 6.07) is 13.2. The van der Waals surface area contributed by atoms with Crippen molar-refractivity contribution in [2.75, 3.05) is 16.4 Å². The third-order valence-corrected chi connectivity index (χ3v) is 4.89. The molecule has 3 aromatic heterocycles. The van der Waals surface area contributed by atoms with Gasteiger partial charge in [-0.25, -0.2) is 9.97 Å². The number of nitrogen functional groups attached to an aromatic ring is 1. The van der Waals surface area contributed by atoms with E-state index >= 15 is 0 Å². The van der Waals surface area contributed by atoms with E-state index in [0.29, 0.717) is 18.1 Å². The van der Waals surface area contributed by atoms with Crippen LogP contribution in [0.2, 0.25) is 0 Å². The van der Waals surface area contributed by atoms with Crippen LogP contribution in [0.15, 0.2) is 71.8 Å². The molecule has 3 heterocycles. The molecule has 0 saturated heterocycles. The van der Waals surface area contributed by atoms with Crippen LogP contribution in [-0.2, 0) is 6.54 Å². The summed E-state index contributed by atoms with van der Waals surface area (Å²) in [4.78, 5) is 25.1. The monoisotopic (exact) mass is 402 g/mol. The van der Waals surface area contributed by atoms with Crippen LogP contribution in [0.5, 0.6) is 0 Å². The number of carbonyl (C=O) groups is 1. The second-order valence-electron chi connectivity index (χ2n) is 6.24. The molecule has 29 heavy (non-hydrogen) atoms. The number of nitrogens with one attached hydrogen (secondary N) is 2. The first-order valence-corrected chi connectivity index (χ1v) is 9.82. The Labute approximate surface area is 171 Å². The number of nitrogens with two attached hydrogens (primary N) is 1. The first-order chi connectivity index (χ1) is 14.2. The number of rotatable bonds is 6. The molecular formula is C21H18N6OS. The number of anilines is 3. The summed E-state index contributed by atoms with van der Waals surface area (Å²) >= 11 is 1.59. The molecule has 0 spiro atoms. The van der Waals surface area contributed by atoms with Crippen molar-refractivity contribution in [1.82, 2.24) is 15.0 Å². The quantitative estimate of drug-likeness (QED) is 0.449. The van der Waals surface area contributed by atoms with Gasteiger partial charge in [0.1, 0.15) is 11.5 Å². The van der Waals surface area contributed by atoms with Gasteiger partial charge in [-0.05, 0) is 41.3 Å². The fraction of sp³-hybridized carbons (Fsp3) is 0.0476. The van der Waals surface area contributed by atoms with Gasteiger partial charge in [-0.2, -0.15) is 11.3 Å². The molecule has 0 bridgehead atoms. The maximum atomic E-state index is 12.5. The molecule has 8 heteroatoms. The second-order valence-corrected chi connectivity index (χ2v) is 7.02. The lowest BCUT2D eigenvalue weighted by molar-refractivity contribution is 0.102. The predicted octanol–water partition coefficient (Wildman–Crippen LogP) is 4.05. The Balaban J connectivity index is 1.41. The molecule has 0 radical (unpaired) electrons. The van der Waals surface area contributed by atoms with Crippen molar-refractivity contribution in [3.63, 3.8) is 0 Å². The van der Waals surface area contributed by atoms with Gasteiger partial charge in [0.25, 0.3) is 5.91 Å². The summed E-state index contributed by atoms with van der Waals surface area (Å²) in [6.45, 7) is 0.550. The summed E-state index contributed by atoms with van der Waals surface area (Å²) in [7, 11) is 0. The molecule has 1 aromatic carbocycles. The number of thiophene rings is 1. The molecule has 0 fully saturated rings. The van der Waals surface area contributed by atoms with Crippen molar-refractivity contribution in [3.8, 4) is 11.3 Å². The molecule has 0 aliphatic rings. The Morgan fingerprint density at radius 1 is 1.07 bits per heavy atom. The smallest absolute Gasteiger partial charge is 0.275 e. The zero-order valence-electron chi connectivity index (χ0n) is 15.4. The minimum atomic E-state index is -0.309. The van der Waals surface area contributed by atoms with E-state index < -0.39 is 0 Å². The highest BCUT2D eigenvalue weighted by atomic mass is 32.1. The average molecular weight is 402 g/mol. The van der Waals surface area contributed by atoms with Crippen LogP contribution < -0.4 is 16.4 Å². The SMILES string of the molecule is Nc1ncccc1NCc1cccc(NC(=O)c2cnc(-c3ccsc3)cn2)c1. The summed E-state index contributed by atoms with van der Waals surface area (Å²) in [5.74, 6) is 0.136. The third kappa shape index (κ3) is 4.56. The number of hydrogen-bond donors (Lipinski definition) is 3. The first kappa shape index (κ1) is 18.6. The lowest BCUT2D eigenvalue weighted by Crippen LogP contribution is -2.14. The minimum absolute atomic E-state index is 0.260. The third-order valence-electron chi connectivity index (χ3n) is 4.21. The molecule has 4 rings (SSSR count). The maximum Gasteiger partial charge on any atom is 0.275 e. The van der Waals surface area contributed by atoms with Crippen molar-refractivity contribution in [2.45, 2.75) is 6.54 Å². The fourth-order valence-corrected chi connectivity index (χ4v) is 3.37. The minimum Gasteiger partial charge on any atom is -0.382 e. The summed E-state index contributed by atoms with van der Waals surface area (Å²) < 4.78 is 0. The molecule has 4 N–H and O–H groups in total. The van der Waals surface area contributed by atoms with Crippen LogP contribution >= 0.6 is 11.3 Å². The lowest BCUT2D eigenvalue weighted by atomic mass is 10.2. The van der Waals surface area contributed by atoms with Crippen LogP contribution in [0.1, 0.15) is 16.1 Å². The average Bonchev–Trinajstić information content (AvgIpc) is 3.28. The van der Waals surface area contributed by atoms with Crippen molar-refractivity contribution in [2.24, 2.45) is 0 Å². The van der Waals surface area contributed by atoms with Crippen molar-refractivity contribution in [3.05, 3.63) is 83.1 Å². The van der Waals surface area contributed by atoms with Gasteiger partial charge >= 0.3 is 0 Å². The van der Waals surface area contributed by atoms with E-state index in [1.54, 1.807) is 23.7 Å². The number of hydrogen-bond acceptors (Lipinski definition) is 7. The van der Waals surface area contributed by atoms with Crippen LogP contribution in [0, 0.1) is 0 Å². The standard InChI is InChI=1S/C21H18N6OS/c22-20-17(5-2-7-23-20)24-10-14-3-1-4-16(9-14)27-21(28)19-12-25-18(11-26-19)15-6-8-29-13-15/h1-9,11-13,24H,10H2,(H2,22,23)(H,27,28). The largest absolute Gasteiger partial charge is 0.382 e. The van der Waals surface area contributed by atoms with Gasteiger partial charge in [-0.1, -0.05) is 12.1 Å². The Kier molecular flexibility index (Phi) is 5.44. The zero-order chi connectivity index (χ0) is 20.1. The normalized spacial score (nSPS) is 10.5. The van der Waals surface area contributed by atoms with Crippen LogP contribution in [-0.4, -0.2) is 20.9 Å². The Morgan fingerprint density at radius 2 is 2.00 bits per heavy atom. The number of carbonyl (C=O) groups excluding carboxylic acids is 1. The van der Waals surface area contributed by atoms with E-state index in [1.807, 2.05) is 53.2 Å². The van der Waals surface area contributed by atoms with Gasteiger partial charge in [-0.15, -0.1) is 0 Å². The van der Waals surface area contributed by atoms with Gasteiger partial charge in [0.15, 0.2) is 0 Å². The van der Waals surface area contributed by atoms with Crippen LogP contribution in [0.25, 0.3) is 11.3 Å². The van der Waals surface area contributed by atoms with Crippen LogP contribution in [0.3, 0.4) is 0 Å². The van der Waals surface area contributed by atoms with E-state index in [-0.39, 0.29) is 11.6 Å². The maximum absolute atomic E-state index is 12.5. The van der Waals surface area contributed by atoms with Gasteiger partial charge < -0.3 is 16.4 Å². The predicted molar refractivity (Wildman–Crippen MR) is 116 cm³/mol. The van der Waals surface area contributed by atoms with E-state index in [2.05, 4.69) is 25.6 Å². The molecule has 7 nitrogen and oxygen atoms in total. The Bertz CT molecular complexity index is 1110. The summed E-state index contributed by atoms with van der Waals surface area (Å²) in [5, 5.41) is 10.1. The Morgan fingerprint density at radius 3 is 2.76 bits per heavy atom. The van der Waals surface area contributed by atoms with Crippen LogP contribution in [0.4, 0.5) is 17.2 Å². The topological polar surface area (TPSA) is 106 Å². The van der Waals surface area contributed by atoms with Gasteiger partial charge in [0.05, 0.1) is 23.8 Å². The van der Waals surface area contributed by atoms with E-state index in [9.17, 15) is 4.79 Å². The van der Waals surface area contributed by atoms with Gasteiger partial charge in [0, 0.05) is 29.4 Å². The van der Waals surface area contributed by atoms with E-state index in [4.69, 9.17) is 5.73 Å². The number of aromatic nitrogens is 3. The number of benzene rings is 1. The fourth-order valence-electron chi connectivity index (χ4n) is 2.72. The molecule has 0 atom stereocenters. The molecule has 1 amide bonds. The first-order valence-electron chi connectivity index (χ1n) is 8.88. The number of nitrogens with zero attached hydrogens (tertiary/aromatic N) is 3. The molecule has 0 saturated carbocycles. The Hall–Kier alpha value is -3.78. The lowest BCUT2D eigenvalue weighted by Gasteiger charge is -2.10. The van der Waals surface area contributed by atoms with E-state index in [0.717, 1.165) is 22.5 Å². The zero-order valence-corrected chi connectivity index (χ0v) is 16.2. The number of amides is 1. The highest BCUT2D eigenvalue weighted by Crippen LogP contribution is 2.20. The van der Waals surface area contributed by atoms with Crippen molar-refractivity contribution >= 4 is 34.4 Å². The van der Waals surface area contributed by atoms with Gasteiger partial charge in [-0.3, -0.25) is 9.78 Å². The molecule has 0 aliphatic carbocycles. The van der Waals surface area contributed by atoms with Gasteiger partial charge in [0.2, 0.25) is 0 Å². The molecule has 144 valence electrons. The summed E-state index contributed by atoms with van der Waals surface area (Å²) in [5.41, 5.74) is 10.3. The number of pyridine rings is 1. The molecular weight excluding hydrogens is 384 g/mol. The van der Waals surface area contributed by atoms with Crippen molar-refractivity contribution < 1.29 is 4.79 Å². The second kappa shape index (κ2) is 8.49. The highest BCUT2D eigenvalue weighted by molar-refractivity contribution is 7.08. The van der Waals surface area contributed by atoms with Crippen molar-refractivity contribution in [1.29, 1.82) is 0 Å².